The first-order chi connectivity index (χ1) is 9.83. The van der Waals surface area contributed by atoms with Crippen LogP contribution in [0.2, 0.25) is 0 Å². The molecule has 1 atom stereocenters. The van der Waals surface area contributed by atoms with Gasteiger partial charge >= 0.3 is 0 Å². The lowest BCUT2D eigenvalue weighted by Crippen LogP contribution is -2.26. The Morgan fingerprint density at radius 2 is 1.95 bits per heavy atom. The quantitative estimate of drug-likeness (QED) is 0.855. The van der Waals surface area contributed by atoms with Crippen molar-refractivity contribution in [1.82, 2.24) is 0 Å². The molecule has 1 aliphatic carbocycles. The highest BCUT2D eigenvalue weighted by molar-refractivity contribution is 8.13. The van der Waals surface area contributed by atoms with Crippen LogP contribution in [0.4, 0.5) is 0 Å². The lowest BCUT2D eigenvalue weighted by Gasteiger charge is -2.17. The van der Waals surface area contributed by atoms with E-state index in [9.17, 15) is 4.79 Å². The maximum atomic E-state index is 11.9. The van der Waals surface area contributed by atoms with Gasteiger partial charge in [-0.25, -0.2) is 4.99 Å². The Balaban J connectivity index is 1.61. The van der Waals surface area contributed by atoms with Gasteiger partial charge in [-0.1, -0.05) is 60.3 Å². The molecule has 1 aromatic rings. The molecule has 1 heterocycles. The van der Waals surface area contributed by atoms with Gasteiger partial charge in [0.25, 0.3) is 5.91 Å². The third kappa shape index (κ3) is 2.96. The zero-order valence-corrected chi connectivity index (χ0v) is 11.7. The molecular formula is C16H14N2OS. The fraction of sp³-hybridized carbons (Fsp3) is 0.188. The monoisotopic (exact) mass is 282 g/mol. The lowest BCUT2D eigenvalue weighted by molar-refractivity contribution is -0.118. The molecule has 0 N–H and O–H groups in total. The van der Waals surface area contributed by atoms with Gasteiger partial charge in [-0.2, -0.15) is 4.99 Å². The molecule has 0 saturated heterocycles. The Morgan fingerprint density at radius 1 is 1.10 bits per heavy atom. The molecule has 0 saturated carbocycles. The number of nitrogens with zero attached hydrogens (tertiary/aromatic N) is 2. The van der Waals surface area contributed by atoms with Crippen LogP contribution in [0.25, 0.3) is 0 Å². The Bertz CT molecular complexity index is 629. The molecule has 4 heteroatoms. The van der Waals surface area contributed by atoms with Crippen molar-refractivity contribution in [3.63, 3.8) is 0 Å². The number of thioether (sulfide) groups is 1. The fourth-order valence-electron chi connectivity index (χ4n) is 2.12. The largest absolute Gasteiger partial charge is 0.271 e. The minimum atomic E-state index is -0.279. The van der Waals surface area contributed by atoms with E-state index in [1.807, 2.05) is 42.5 Å². The maximum absolute atomic E-state index is 11.9. The summed E-state index contributed by atoms with van der Waals surface area (Å²) in [5, 5.41) is 0.581. The summed E-state index contributed by atoms with van der Waals surface area (Å²) >= 11 is 1.54. The number of amides is 1. The number of carbonyl (C=O) groups is 1. The molecule has 0 bridgehead atoms. The second-order valence-electron chi connectivity index (χ2n) is 4.58. The van der Waals surface area contributed by atoms with Crippen molar-refractivity contribution in [2.75, 3.05) is 5.75 Å². The first-order valence-corrected chi connectivity index (χ1v) is 7.54. The summed E-state index contributed by atoms with van der Waals surface area (Å²) in [4.78, 5) is 20.4. The molecule has 100 valence electrons. The molecule has 0 aromatic heterocycles. The summed E-state index contributed by atoms with van der Waals surface area (Å²) in [6, 6.07) is 10.3. The molecule has 0 spiro atoms. The van der Waals surface area contributed by atoms with Gasteiger partial charge in [-0.3, -0.25) is 4.79 Å². The van der Waals surface area contributed by atoms with E-state index in [1.54, 1.807) is 0 Å². The smallest absolute Gasteiger partial charge is 0.261 e. The number of rotatable bonds is 3. The van der Waals surface area contributed by atoms with Crippen molar-refractivity contribution in [3.8, 4) is 0 Å². The highest BCUT2D eigenvalue weighted by Crippen LogP contribution is 2.20. The van der Waals surface area contributed by atoms with E-state index in [-0.39, 0.29) is 11.8 Å². The molecule has 1 amide bonds. The van der Waals surface area contributed by atoms with Crippen molar-refractivity contribution in [2.24, 2.45) is 15.9 Å². The third-order valence-electron chi connectivity index (χ3n) is 3.16. The number of carbonyl (C=O) groups excluding carboxylic acids is 1. The normalized spacial score (nSPS) is 20.4. The van der Waals surface area contributed by atoms with Crippen molar-refractivity contribution >= 4 is 28.5 Å². The molecule has 3 nitrogen and oxygen atoms in total. The first kappa shape index (κ1) is 13.1. The van der Waals surface area contributed by atoms with Crippen LogP contribution in [-0.4, -0.2) is 22.5 Å². The molecule has 0 fully saturated rings. The van der Waals surface area contributed by atoms with Crippen LogP contribution in [-0.2, 0) is 11.2 Å². The van der Waals surface area contributed by atoms with E-state index in [4.69, 9.17) is 0 Å². The Kier molecular flexibility index (Phi) is 3.92. The van der Waals surface area contributed by atoms with Gasteiger partial charge in [0.15, 0.2) is 5.17 Å². The standard InChI is InChI=1S/C16H14N2OS/c19-15-13-8-4-5-9-14(13)17-16(18-15)20-11-10-12-6-2-1-3-7-12/h1-9,13H,10-11H2. The van der Waals surface area contributed by atoms with E-state index >= 15 is 0 Å². The molecule has 20 heavy (non-hydrogen) atoms. The van der Waals surface area contributed by atoms with Crippen LogP contribution >= 0.6 is 11.8 Å². The lowest BCUT2D eigenvalue weighted by atomic mass is 9.97. The highest BCUT2D eigenvalue weighted by atomic mass is 32.2. The van der Waals surface area contributed by atoms with Gasteiger partial charge in [-0.05, 0) is 18.1 Å². The minimum Gasteiger partial charge on any atom is -0.271 e. The number of aliphatic imine (C=N–C) groups is 2. The Hall–Kier alpha value is -1.94. The molecule has 1 unspecified atom stereocenters. The zero-order chi connectivity index (χ0) is 13.8. The summed E-state index contributed by atoms with van der Waals surface area (Å²) in [6.07, 6.45) is 8.44. The van der Waals surface area contributed by atoms with Gasteiger partial charge in [0.2, 0.25) is 0 Å². The van der Waals surface area contributed by atoms with E-state index < -0.39 is 0 Å². The van der Waals surface area contributed by atoms with E-state index in [0.29, 0.717) is 5.17 Å². The summed E-state index contributed by atoms with van der Waals surface area (Å²) in [5.74, 6) is 0.480. The molecule has 1 aromatic carbocycles. The number of hydrogen-bond donors (Lipinski definition) is 0. The second-order valence-corrected chi connectivity index (χ2v) is 5.64. The van der Waals surface area contributed by atoms with Crippen LogP contribution in [0, 0.1) is 5.92 Å². The maximum Gasteiger partial charge on any atom is 0.261 e. The first-order valence-electron chi connectivity index (χ1n) is 6.55. The van der Waals surface area contributed by atoms with Gasteiger partial charge in [0.1, 0.15) is 5.92 Å². The predicted octanol–water partition coefficient (Wildman–Crippen LogP) is 3.04. The van der Waals surface area contributed by atoms with Crippen molar-refractivity contribution in [3.05, 3.63) is 60.2 Å². The average molecular weight is 282 g/mol. The summed E-state index contributed by atoms with van der Waals surface area (Å²) in [6.45, 7) is 0. The summed E-state index contributed by atoms with van der Waals surface area (Å²) < 4.78 is 0. The number of allylic oxidation sites excluding steroid dienone is 3. The van der Waals surface area contributed by atoms with Gasteiger partial charge in [0, 0.05) is 5.75 Å². The third-order valence-corrected chi connectivity index (χ3v) is 4.01. The molecule has 2 aliphatic rings. The molecule has 0 radical (unpaired) electrons. The van der Waals surface area contributed by atoms with Gasteiger partial charge in [-0.15, -0.1) is 0 Å². The van der Waals surface area contributed by atoms with Crippen LogP contribution < -0.4 is 0 Å². The number of amidine groups is 1. The van der Waals surface area contributed by atoms with Crippen LogP contribution in [0.5, 0.6) is 0 Å². The number of hydrogen-bond acceptors (Lipinski definition) is 3. The van der Waals surface area contributed by atoms with Crippen molar-refractivity contribution in [1.29, 1.82) is 0 Å². The molecule has 1 aliphatic heterocycles. The number of benzene rings is 1. The second kappa shape index (κ2) is 6.01. The number of aryl methyl sites for hydroxylation is 1. The predicted molar refractivity (Wildman–Crippen MR) is 84.3 cm³/mol. The van der Waals surface area contributed by atoms with Crippen molar-refractivity contribution in [2.45, 2.75) is 6.42 Å². The summed E-state index contributed by atoms with van der Waals surface area (Å²) in [5.41, 5.74) is 2.09. The number of fused-ring (bicyclic) bond motifs is 1. The van der Waals surface area contributed by atoms with Gasteiger partial charge in [0.05, 0.1) is 5.71 Å². The van der Waals surface area contributed by atoms with Gasteiger partial charge < -0.3 is 0 Å². The minimum absolute atomic E-state index is 0.113. The Morgan fingerprint density at radius 3 is 2.80 bits per heavy atom. The fourth-order valence-corrected chi connectivity index (χ4v) is 2.96. The van der Waals surface area contributed by atoms with E-state index in [0.717, 1.165) is 17.9 Å². The van der Waals surface area contributed by atoms with Crippen LogP contribution in [0.15, 0.2) is 64.6 Å². The average Bonchev–Trinajstić information content (AvgIpc) is 2.48. The van der Waals surface area contributed by atoms with E-state index in [2.05, 4.69) is 22.1 Å². The summed E-state index contributed by atoms with van der Waals surface area (Å²) in [7, 11) is 0. The topological polar surface area (TPSA) is 41.8 Å². The van der Waals surface area contributed by atoms with Crippen LogP contribution in [0.3, 0.4) is 0 Å². The van der Waals surface area contributed by atoms with E-state index in [1.165, 1.54) is 17.3 Å². The Labute approximate surface area is 122 Å². The molecule has 3 rings (SSSR count). The highest BCUT2D eigenvalue weighted by Gasteiger charge is 2.26. The SMILES string of the molecule is O=C1N=C(SCCc2ccccc2)N=C2C=CC=CC12. The van der Waals surface area contributed by atoms with Crippen LogP contribution in [0.1, 0.15) is 5.56 Å². The van der Waals surface area contributed by atoms with Crippen molar-refractivity contribution < 1.29 is 4.79 Å². The molecular weight excluding hydrogens is 268 g/mol. The zero-order valence-electron chi connectivity index (χ0n) is 10.9.